The van der Waals surface area contributed by atoms with Crippen molar-refractivity contribution in [2.24, 2.45) is 5.10 Å². The van der Waals surface area contributed by atoms with Crippen molar-refractivity contribution < 1.29 is 32.2 Å². The quantitative estimate of drug-likeness (QED) is 0.0770. The highest BCUT2D eigenvalue weighted by Gasteiger charge is 2.31. The van der Waals surface area contributed by atoms with Gasteiger partial charge in [0.2, 0.25) is 0 Å². The van der Waals surface area contributed by atoms with Crippen molar-refractivity contribution in [2.75, 3.05) is 6.61 Å². The second kappa shape index (κ2) is 12.8. The first-order chi connectivity index (χ1) is 21.0. The molecule has 0 fully saturated rings. The first-order valence-corrected chi connectivity index (χ1v) is 13.9. The molecule has 1 amide bonds. The second-order valence-corrected chi connectivity index (χ2v) is 10.2. The molecule has 12 heteroatoms. The lowest BCUT2D eigenvalue weighted by molar-refractivity contribution is -0.137. The van der Waals surface area contributed by atoms with Gasteiger partial charge in [0.25, 0.3) is 5.91 Å². The second-order valence-electron chi connectivity index (χ2n) is 9.36. The molecular formula is C32H22Cl2F3N3O4. The van der Waals surface area contributed by atoms with E-state index in [4.69, 9.17) is 32.7 Å². The molecule has 5 rings (SSSR count). The molecule has 0 bridgehead atoms. The van der Waals surface area contributed by atoms with Crippen LogP contribution in [0.5, 0.6) is 11.5 Å². The highest BCUT2D eigenvalue weighted by Crippen LogP contribution is 2.38. The highest BCUT2D eigenvalue weighted by atomic mass is 35.5. The first kappa shape index (κ1) is 30.7. The van der Waals surface area contributed by atoms with Crippen molar-refractivity contribution in [1.29, 1.82) is 0 Å². The fourth-order valence-electron chi connectivity index (χ4n) is 4.47. The van der Waals surface area contributed by atoms with Crippen molar-refractivity contribution >= 4 is 52.2 Å². The summed E-state index contributed by atoms with van der Waals surface area (Å²) in [5.74, 6) is -1.38. The molecule has 4 aromatic carbocycles. The zero-order valence-corrected chi connectivity index (χ0v) is 24.3. The highest BCUT2D eigenvalue weighted by molar-refractivity contribution is 6.40. The van der Waals surface area contributed by atoms with Gasteiger partial charge in [0.15, 0.2) is 11.5 Å². The molecule has 0 aliphatic carbocycles. The number of hydrogen-bond acceptors (Lipinski definition) is 5. The number of benzene rings is 4. The minimum Gasteiger partial charge on any atom is -0.490 e. The smallest absolute Gasteiger partial charge is 0.416 e. The molecule has 1 heterocycles. The summed E-state index contributed by atoms with van der Waals surface area (Å²) in [6.07, 6.45) is -3.26. The number of amides is 1. The van der Waals surface area contributed by atoms with Crippen LogP contribution in [0.3, 0.4) is 0 Å². The third kappa shape index (κ3) is 6.72. The van der Waals surface area contributed by atoms with Crippen LogP contribution in [0.4, 0.5) is 13.2 Å². The lowest BCUT2D eigenvalue weighted by Gasteiger charge is -2.12. The summed E-state index contributed by atoms with van der Waals surface area (Å²) >= 11 is 12.7. The minimum atomic E-state index is -4.61. The number of nitrogens with one attached hydrogen (secondary N) is 2. The van der Waals surface area contributed by atoms with E-state index in [2.05, 4.69) is 15.5 Å². The molecule has 7 nitrogen and oxygen atoms in total. The third-order valence-corrected chi connectivity index (χ3v) is 6.90. The normalized spacial score (nSPS) is 11.6. The molecule has 0 aliphatic rings. The van der Waals surface area contributed by atoms with Gasteiger partial charge in [0.05, 0.1) is 29.0 Å². The molecule has 0 unspecified atom stereocenters. The SMILES string of the molecule is CCOc1cc(C=NNC(=O)c2[nH]c3cc(Cl)cc(Cl)c3c2-c2ccccc2)ccc1OC(=O)c1cccc(C(F)(F)F)c1. The molecule has 1 aromatic heterocycles. The number of rotatable bonds is 8. The van der Waals surface area contributed by atoms with Gasteiger partial charge in [-0.3, -0.25) is 4.79 Å². The topological polar surface area (TPSA) is 92.8 Å². The van der Waals surface area contributed by atoms with E-state index in [0.717, 1.165) is 17.7 Å². The number of halogens is 5. The van der Waals surface area contributed by atoms with Crippen molar-refractivity contribution in [1.82, 2.24) is 10.4 Å². The molecular weight excluding hydrogens is 618 g/mol. The average molecular weight is 640 g/mol. The van der Waals surface area contributed by atoms with Crippen molar-refractivity contribution in [3.05, 3.63) is 117 Å². The van der Waals surface area contributed by atoms with Crippen LogP contribution >= 0.6 is 23.2 Å². The number of aromatic amines is 1. The summed E-state index contributed by atoms with van der Waals surface area (Å²) in [7, 11) is 0. The molecule has 44 heavy (non-hydrogen) atoms. The number of esters is 1. The number of carbonyl (C=O) groups excluding carboxylic acids is 2. The molecule has 0 spiro atoms. The number of aromatic nitrogens is 1. The van der Waals surface area contributed by atoms with Crippen LogP contribution in [0.2, 0.25) is 10.0 Å². The van der Waals surface area contributed by atoms with Gasteiger partial charge in [0, 0.05) is 21.5 Å². The Morgan fingerprint density at radius 3 is 2.45 bits per heavy atom. The van der Waals surface area contributed by atoms with Crippen LogP contribution in [0.1, 0.15) is 38.9 Å². The number of carbonyl (C=O) groups is 2. The molecule has 0 saturated heterocycles. The lowest BCUT2D eigenvalue weighted by Crippen LogP contribution is -2.18. The summed E-state index contributed by atoms with van der Waals surface area (Å²) in [4.78, 5) is 29.0. The molecule has 5 aromatic rings. The van der Waals surface area contributed by atoms with E-state index in [-0.39, 0.29) is 29.4 Å². The summed E-state index contributed by atoms with van der Waals surface area (Å²) in [5.41, 5.74) is 3.87. The predicted octanol–water partition coefficient (Wildman–Crippen LogP) is 8.54. The van der Waals surface area contributed by atoms with E-state index in [1.54, 1.807) is 19.1 Å². The molecule has 0 aliphatic heterocycles. The van der Waals surface area contributed by atoms with Gasteiger partial charge in [-0.25, -0.2) is 10.2 Å². The molecule has 0 saturated carbocycles. The third-order valence-electron chi connectivity index (χ3n) is 6.38. The maximum atomic E-state index is 13.3. The van der Waals surface area contributed by atoms with Crippen LogP contribution in [-0.2, 0) is 6.18 Å². The molecule has 0 atom stereocenters. The number of fused-ring (bicyclic) bond motifs is 1. The van der Waals surface area contributed by atoms with Crippen LogP contribution in [0.15, 0.2) is 90.0 Å². The Labute approximate surface area is 259 Å². The van der Waals surface area contributed by atoms with E-state index < -0.39 is 23.6 Å². The molecule has 2 N–H and O–H groups in total. The summed E-state index contributed by atoms with van der Waals surface area (Å²) in [5, 5.41) is 5.48. The minimum absolute atomic E-state index is 0.00318. The van der Waals surface area contributed by atoms with Crippen LogP contribution in [-0.4, -0.2) is 29.7 Å². The largest absolute Gasteiger partial charge is 0.490 e. The Balaban J connectivity index is 1.37. The van der Waals surface area contributed by atoms with E-state index >= 15 is 0 Å². The van der Waals surface area contributed by atoms with Gasteiger partial charge < -0.3 is 14.5 Å². The number of hydrazone groups is 1. The standard InChI is InChI=1S/C32H22Cl2F3N3O4/c1-2-43-26-13-18(11-12-25(26)44-31(42)20-9-6-10-21(14-20)32(35,36)37)17-38-40-30(41)29-27(19-7-4-3-5-8-19)28-23(34)15-22(33)16-24(28)39-29/h3-17,39H,2H2,1H3,(H,40,41). The predicted molar refractivity (Wildman–Crippen MR) is 163 cm³/mol. The first-order valence-electron chi connectivity index (χ1n) is 13.1. The van der Waals surface area contributed by atoms with Gasteiger partial charge in [-0.2, -0.15) is 18.3 Å². The molecule has 0 radical (unpaired) electrons. The number of H-pyrrole nitrogens is 1. The van der Waals surface area contributed by atoms with Crippen LogP contribution in [0, 0.1) is 0 Å². The van der Waals surface area contributed by atoms with E-state index in [1.165, 1.54) is 30.5 Å². The van der Waals surface area contributed by atoms with Gasteiger partial charge in [-0.1, -0.05) is 59.6 Å². The van der Waals surface area contributed by atoms with Gasteiger partial charge in [-0.15, -0.1) is 0 Å². The summed E-state index contributed by atoms with van der Waals surface area (Å²) in [6.45, 7) is 1.92. The Kier molecular flexibility index (Phi) is 8.93. The Bertz CT molecular complexity index is 1890. The molecule has 224 valence electrons. The zero-order valence-electron chi connectivity index (χ0n) is 22.8. The van der Waals surface area contributed by atoms with E-state index in [9.17, 15) is 22.8 Å². The lowest BCUT2D eigenvalue weighted by atomic mass is 10.0. The number of nitrogens with zero attached hydrogens (tertiary/aromatic N) is 1. The fraction of sp³-hybridized carbons (Fsp3) is 0.0938. The Morgan fingerprint density at radius 1 is 0.955 bits per heavy atom. The monoisotopic (exact) mass is 639 g/mol. The summed E-state index contributed by atoms with van der Waals surface area (Å²) < 4.78 is 50.1. The Morgan fingerprint density at radius 2 is 1.73 bits per heavy atom. The number of alkyl halides is 3. The number of ether oxygens (including phenoxy) is 2. The Hall–Kier alpha value is -4.80. The van der Waals surface area contributed by atoms with Gasteiger partial charge >= 0.3 is 12.1 Å². The van der Waals surface area contributed by atoms with Crippen LogP contribution < -0.4 is 14.9 Å². The van der Waals surface area contributed by atoms with Crippen molar-refractivity contribution in [3.63, 3.8) is 0 Å². The zero-order chi connectivity index (χ0) is 31.4. The number of hydrogen-bond donors (Lipinski definition) is 2. The van der Waals surface area contributed by atoms with Gasteiger partial charge in [-0.05, 0) is 66.6 Å². The average Bonchev–Trinajstić information content (AvgIpc) is 3.38. The van der Waals surface area contributed by atoms with Crippen LogP contribution in [0.25, 0.3) is 22.0 Å². The van der Waals surface area contributed by atoms with E-state index in [0.29, 0.717) is 38.1 Å². The summed E-state index contributed by atoms with van der Waals surface area (Å²) in [6, 6.07) is 20.9. The van der Waals surface area contributed by atoms with Crippen molar-refractivity contribution in [3.8, 4) is 22.6 Å². The van der Waals surface area contributed by atoms with Gasteiger partial charge in [0.1, 0.15) is 5.69 Å². The van der Waals surface area contributed by atoms with Crippen molar-refractivity contribution in [2.45, 2.75) is 13.1 Å². The fourth-order valence-corrected chi connectivity index (χ4v) is 5.06. The maximum Gasteiger partial charge on any atom is 0.416 e. The van der Waals surface area contributed by atoms with E-state index in [1.807, 2.05) is 30.3 Å². The maximum absolute atomic E-state index is 13.3.